The molecule has 0 bridgehead atoms. The van der Waals surface area contributed by atoms with E-state index in [1.807, 2.05) is 24.3 Å². The first-order valence-electron chi connectivity index (χ1n) is 5.53. The molecule has 0 unspecified atom stereocenters. The van der Waals surface area contributed by atoms with Crippen molar-refractivity contribution in [3.63, 3.8) is 0 Å². The second kappa shape index (κ2) is 5.37. The first kappa shape index (κ1) is 12.2. The molecule has 7 heteroatoms. The highest BCUT2D eigenvalue weighted by atomic mass is 16.1. The Kier molecular flexibility index (Phi) is 3.63. The van der Waals surface area contributed by atoms with Gasteiger partial charge in [0.1, 0.15) is 0 Å². The van der Waals surface area contributed by atoms with Crippen LogP contribution in [0, 0.1) is 0 Å². The van der Waals surface area contributed by atoms with Crippen molar-refractivity contribution >= 4 is 11.6 Å². The number of nitrogens with one attached hydrogen (secondary N) is 1. The molecule has 0 saturated heterocycles. The third kappa shape index (κ3) is 2.69. The van der Waals surface area contributed by atoms with Crippen molar-refractivity contribution in [2.45, 2.75) is 6.42 Å². The van der Waals surface area contributed by atoms with Gasteiger partial charge in [-0.15, -0.1) is 5.10 Å². The predicted octanol–water partition coefficient (Wildman–Crippen LogP) is 0.164. The summed E-state index contributed by atoms with van der Waals surface area (Å²) in [6, 6.07) is 7.34. The lowest BCUT2D eigenvalue weighted by molar-refractivity contribution is -0.116. The molecule has 2 aromatic rings. The molecule has 18 heavy (non-hydrogen) atoms. The van der Waals surface area contributed by atoms with Crippen molar-refractivity contribution in [2.75, 3.05) is 11.9 Å². The van der Waals surface area contributed by atoms with E-state index in [9.17, 15) is 4.79 Å². The lowest BCUT2D eigenvalue weighted by Crippen LogP contribution is -2.16. The number of benzene rings is 1. The Morgan fingerprint density at radius 2 is 2.33 bits per heavy atom. The minimum atomic E-state index is -0.106. The lowest BCUT2D eigenvalue weighted by atomic mass is 10.2. The molecule has 3 N–H and O–H groups in total. The van der Waals surface area contributed by atoms with E-state index in [1.165, 1.54) is 0 Å². The molecule has 1 aromatic carbocycles. The summed E-state index contributed by atoms with van der Waals surface area (Å²) in [5.74, 6) is 0.538. The van der Waals surface area contributed by atoms with Gasteiger partial charge in [0, 0.05) is 31.3 Å². The van der Waals surface area contributed by atoms with Crippen LogP contribution >= 0.6 is 0 Å². The van der Waals surface area contributed by atoms with Gasteiger partial charge < -0.3 is 11.1 Å². The van der Waals surface area contributed by atoms with Crippen LogP contribution in [0.25, 0.3) is 11.4 Å². The van der Waals surface area contributed by atoms with Crippen molar-refractivity contribution < 1.29 is 4.79 Å². The number of nitrogens with zero attached hydrogens (tertiary/aromatic N) is 4. The van der Waals surface area contributed by atoms with E-state index in [4.69, 9.17) is 5.73 Å². The Hall–Kier alpha value is -2.28. The third-order valence-corrected chi connectivity index (χ3v) is 2.40. The second-order valence-electron chi connectivity index (χ2n) is 3.79. The van der Waals surface area contributed by atoms with Crippen molar-refractivity contribution in [2.24, 2.45) is 12.8 Å². The minimum absolute atomic E-state index is 0.106. The molecule has 1 amide bonds. The zero-order valence-electron chi connectivity index (χ0n) is 10.00. The number of carbonyl (C=O) groups is 1. The molecule has 0 spiro atoms. The Balaban J connectivity index is 2.20. The van der Waals surface area contributed by atoms with Crippen LogP contribution in [-0.2, 0) is 11.8 Å². The summed E-state index contributed by atoms with van der Waals surface area (Å²) in [5, 5.41) is 14.0. The van der Waals surface area contributed by atoms with Crippen LogP contribution in [0.5, 0.6) is 0 Å². The van der Waals surface area contributed by atoms with Crippen LogP contribution in [0.1, 0.15) is 6.42 Å². The second-order valence-corrected chi connectivity index (χ2v) is 3.79. The molecule has 7 nitrogen and oxygen atoms in total. The molecule has 2 rings (SSSR count). The largest absolute Gasteiger partial charge is 0.330 e. The van der Waals surface area contributed by atoms with Gasteiger partial charge in [0.15, 0.2) is 5.82 Å². The van der Waals surface area contributed by atoms with E-state index < -0.39 is 0 Å². The molecular formula is C11H14N6O. The van der Waals surface area contributed by atoms with E-state index in [0.717, 1.165) is 5.56 Å². The van der Waals surface area contributed by atoms with E-state index >= 15 is 0 Å². The van der Waals surface area contributed by atoms with Gasteiger partial charge in [-0.3, -0.25) is 4.79 Å². The molecule has 0 aliphatic rings. The number of anilines is 1. The summed E-state index contributed by atoms with van der Waals surface area (Å²) in [5.41, 5.74) is 6.86. The van der Waals surface area contributed by atoms with Gasteiger partial charge in [0.2, 0.25) is 5.91 Å². The molecule has 94 valence electrons. The Labute approximate surface area is 104 Å². The van der Waals surface area contributed by atoms with Gasteiger partial charge >= 0.3 is 0 Å². The number of hydrogen-bond acceptors (Lipinski definition) is 5. The van der Waals surface area contributed by atoms with Crippen LogP contribution in [0.15, 0.2) is 24.3 Å². The van der Waals surface area contributed by atoms with Gasteiger partial charge in [-0.2, -0.15) is 0 Å². The number of tetrazole rings is 1. The zero-order valence-corrected chi connectivity index (χ0v) is 10.00. The molecule has 0 saturated carbocycles. The molecule has 1 heterocycles. The maximum Gasteiger partial charge on any atom is 0.225 e. The first-order valence-corrected chi connectivity index (χ1v) is 5.53. The number of nitrogens with two attached hydrogens (primary N) is 1. The molecule has 0 atom stereocenters. The minimum Gasteiger partial charge on any atom is -0.330 e. The molecule has 0 aliphatic heterocycles. The maximum absolute atomic E-state index is 11.4. The standard InChI is InChI=1S/C11H14N6O/c1-17-11(14-15-16-17)8-3-2-4-9(7-8)13-10(18)5-6-12/h2-4,7H,5-6,12H2,1H3,(H,13,18). The SMILES string of the molecule is Cn1nnnc1-c1cccc(NC(=O)CCN)c1. The summed E-state index contributed by atoms with van der Waals surface area (Å²) in [6.45, 7) is 0.332. The van der Waals surface area contributed by atoms with Crippen LogP contribution in [0.3, 0.4) is 0 Å². The first-order chi connectivity index (χ1) is 8.70. The van der Waals surface area contributed by atoms with E-state index in [-0.39, 0.29) is 5.91 Å². The smallest absolute Gasteiger partial charge is 0.225 e. The van der Waals surface area contributed by atoms with Gasteiger partial charge in [-0.1, -0.05) is 12.1 Å². The monoisotopic (exact) mass is 246 g/mol. The molecule has 0 aliphatic carbocycles. The average Bonchev–Trinajstić information content (AvgIpc) is 2.76. The molecule has 1 aromatic heterocycles. The van der Waals surface area contributed by atoms with Crippen LogP contribution in [0.2, 0.25) is 0 Å². The summed E-state index contributed by atoms with van der Waals surface area (Å²) in [6.07, 6.45) is 0.301. The summed E-state index contributed by atoms with van der Waals surface area (Å²) < 4.78 is 1.57. The highest BCUT2D eigenvalue weighted by Crippen LogP contribution is 2.19. The van der Waals surface area contributed by atoms with Crippen molar-refractivity contribution in [1.82, 2.24) is 20.2 Å². The normalized spacial score (nSPS) is 10.3. The highest BCUT2D eigenvalue weighted by molar-refractivity contribution is 5.91. The van der Waals surface area contributed by atoms with E-state index in [1.54, 1.807) is 11.7 Å². The topological polar surface area (TPSA) is 98.7 Å². The Morgan fingerprint density at radius 3 is 3.00 bits per heavy atom. The zero-order chi connectivity index (χ0) is 13.0. The van der Waals surface area contributed by atoms with Gasteiger partial charge in [0.05, 0.1) is 0 Å². The van der Waals surface area contributed by atoms with Crippen LogP contribution < -0.4 is 11.1 Å². The number of carbonyl (C=O) groups excluding carboxylic acids is 1. The quantitative estimate of drug-likeness (QED) is 0.800. The Morgan fingerprint density at radius 1 is 1.50 bits per heavy atom. The van der Waals surface area contributed by atoms with E-state index in [2.05, 4.69) is 20.8 Å². The van der Waals surface area contributed by atoms with Crippen molar-refractivity contribution in [3.05, 3.63) is 24.3 Å². The molecular weight excluding hydrogens is 232 g/mol. The fourth-order valence-corrected chi connectivity index (χ4v) is 1.56. The fourth-order valence-electron chi connectivity index (χ4n) is 1.56. The van der Waals surface area contributed by atoms with Gasteiger partial charge in [-0.05, 0) is 22.6 Å². The van der Waals surface area contributed by atoms with Crippen LogP contribution in [0.4, 0.5) is 5.69 Å². The fraction of sp³-hybridized carbons (Fsp3) is 0.273. The summed E-state index contributed by atoms with van der Waals surface area (Å²) in [7, 11) is 1.76. The number of aromatic nitrogens is 4. The van der Waals surface area contributed by atoms with Gasteiger partial charge in [0.25, 0.3) is 0 Å². The van der Waals surface area contributed by atoms with Crippen molar-refractivity contribution in [3.8, 4) is 11.4 Å². The molecule has 0 fully saturated rings. The predicted molar refractivity (Wildman–Crippen MR) is 66.5 cm³/mol. The summed E-state index contributed by atoms with van der Waals surface area (Å²) in [4.78, 5) is 11.4. The third-order valence-electron chi connectivity index (χ3n) is 2.40. The van der Waals surface area contributed by atoms with E-state index in [0.29, 0.717) is 24.5 Å². The average molecular weight is 246 g/mol. The number of hydrogen-bond donors (Lipinski definition) is 2. The number of aryl methyl sites for hydroxylation is 1. The highest BCUT2D eigenvalue weighted by Gasteiger charge is 2.07. The summed E-state index contributed by atoms with van der Waals surface area (Å²) >= 11 is 0. The van der Waals surface area contributed by atoms with Gasteiger partial charge in [-0.25, -0.2) is 4.68 Å². The lowest BCUT2D eigenvalue weighted by Gasteiger charge is -2.06. The maximum atomic E-state index is 11.4. The number of amides is 1. The molecule has 0 radical (unpaired) electrons. The van der Waals surface area contributed by atoms with Crippen LogP contribution in [-0.4, -0.2) is 32.7 Å². The Bertz CT molecular complexity index is 550. The van der Waals surface area contributed by atoms with Crippen molar-refractivity contribution in [1.29, 1.82) is 0 Å². The number of rotatable bonds is 4.